The summed E-state index contributed by atoms with van der Waals surface area (Å²) in [6.07, 6.45) is -3.36. The minimum atomic E-state index is -4.74. The number of amides is 1. The van der Waals surface area contributed by atoms with Gasteiger partial charge in [-0.25, -0.2) is 9.97 Å². The minimum absolute atomic E-state index is 0.0177. The fourth-order valence-corrected chi connectivity index (χ4v) is 3.37. The van der Waals surface area contributed by atoms with Crippen LogP contribution in [0.2, 0.25) is 0 Å². The van der Waals surface area contributed by atoms with E-state index in [2.05, 4.69) is 20.6 Å². The first-order chi connectivity index (χ1) is 16.2. The molecule has 0 atom stereocenters. The highest BCUT2D eigenvalue weighted by Gasteiger charge is 2.33. The van der Waals surface area contributed by atoms with Gasteiger partial charge >= 0.3 is 6.18 Å². The maximum Gasteiger partial charge on any atom is 0.433 e. The van der Waals surface area contributed by atoms with Gasteiger partial charge < -0.3 is 10.6 Å². The lowest BCUT2D eigenvalue weighted by Crippen LogP contribution is -2.24. The summed E-state index contributed by atoms with van der Waals surface area (Å²) >= 11 is 0. The average Bonchev–Trinajstić information content (AvgIpc) is 2.79. The molecule has 34 heavy (non-hydrogen) atoms. The summed E-state index contributed by atoms with van der Waals surface area (Å²) in [6.45, 7) is 1.30. The highest BCUT2D eigenvalue weighted by molar-refractivity contribution is 5.95. The van der Waals surface area contributed by atoms with Crippen LogP contribution in [0.4, 0.5) is 30.4 Å². The lowest BCUT2D eigenvalue weighted by Gasteiger charge is -2.17. The van der Waals surface area contributed by atoms with Gasteiger partial charge in [-0.3, -0.25) is 14.2 Å². The van der Waals surface area contributed by atoms with Crippen molar-refractivity contribution in [2.24, 2.45) is 0 Å². The van der Waals surface area contributed by atoms with Gasteiger partial charge in [-0.15, -0.1) is 0 Å². The van der Waals surface area contributed by atoms with Gasteiger partial charge in [0.05, 0.1) is 11.4 Å². The topological polar surface area (TPSA) is 113 Å². The van der Waals surface area contributed by atoms with Gasteiger partial charge in [-0.2, -0.15) is 18.4 Å². The first kappa shape index (κ1) is 22.5. The molecule has 0 spiro atoms. The van der Waals surface area contributed by atoms with Crippen molar-refractivity contribution in [2.45, 2.75) is 13.1 Å². The van der Waals surface area contributed by atoms with Crippen LogP contribution in [0.15, 0.2) is 65.6 Å². The fourth-order valence-electron chi connectivity index (χ4n) is 3.37. The van der Waals surface area contributed by atoms with Crippen molar-refractivity contribution < 1.29 is 18.0 Å². The molecule has 0 radical (unpaired) electrons. The number of carbonyl (C=O) groups is 1. The minimum Gasteiger partial charge on any atom is -0.354 e. The molecule has 0 aliphatic rings. The Hall–Kier alpha value is -4.72. The Morgan fingerprint density at radius 1 is 1.12 bits per heavy atom. The number of halogens is 3. The molecule has 3 aromatic heterocycles. The van der Waals surface area contributed by atoms with Gasteiger partial charge in [0.1, 0.15) is 28.8 Å². The van der Waals surface area contributed by atoms with Crippen LogP contribution in [0, 0.1) is 11.3 Å². The molecule has 1 amide bonds. The number of alkyl halides is 3. The predicted molar refractivity (Wildman–Crippen MR) is 119 cm³/mol. The molecule has 0 saturated carbocycles. The Morgan fingerprint density at radius 3 is 2.50 bits per heavy atom. The molecule has 0 aliphatic carbocycles. The SMILES string of the molecule is CC(=O)Nc1cc(Nc2c(C#N)c(=O)n(-c3ccccc3)c3nc(C(F)(F)F)ccc23)ccn1. The third-order valence-corrected chi connectivity index (χ3v) is 4.77. The zero-order chi connectivity index (χ0) is 24.5. The number of benzene rings is 1. The van der Waals surface area contributed by atoms with Crippen LogP contribution in [0.5, 0.6) is 0 Å². The standard InChI is InChI=1S/C23H15F3N6O2/c1-13(33)29-19-11-14(9-10-28-19)30-20-16-7-8-18(23(24,25)26)31-21(16)32(22(34)17(20)12-27)15-5-3-2-4-6-15/h2-11H,1H3,(H2,28,29,30,33). The summed E-state index contributed by atoms with van der Waals surface area (Å²) in [5.74, 6) is -0.155. The van der Waals surface area contributed by atoms with Gasteiger partial charge in [0.25, 0.3) is 5.56 Å². The number of nitriles is 1. The summed E-state index contributed by atoms with van der Waals surface area (Å²) in [7, 11) is 0. The van der Waals surface area contributed by atoms with Crippen molar-refractivity contribution >= 4 is 34.1 Å². The number of nitrogens with one attached hydrogen (secondary N) is 2. The average molecular weight is 464 g/mol. The number of para-hydroxylation sites is 1. The number of pyridine rings is 3. The van der Waals surface area contributed by atoms with Crippen LogP contribution < -0.4 is 16.2 Å². The highest BCUT2D eigenvalue weighted by atomic mass is 19.4. The molecule has 0 aliphatic heterocycles. The van der Waals surface area contributed by atoms with Gasteiger partial charge in [-0.1, -0.05) is 18.2 Å². The second-order valence-electron chi connectivity index (χ2n) is 7.14. The first-order valence-corrected chi connectivity index (χ1v) is 9.82. The zero-order valence-electron chi connectivity index (χ0n) is 17.5. The summed E-state index contributed by atoms with van der Waals surface area (Å²) in [5, 5.41) is 15.3. The van der Waals surface area contributed by atoms with Crippen LogP contribution >= 0.6 is 0 Å². The van der Waals surface area contributed by atoms with E-state index in [0.717, 1.165) is 16.7 Å². The maximum absolute atomic E-state index is 13.4. The van der Waals surface area contributed by atoms with Crippen LogP contribution in [0.3, 0.4) is 0 Å². The van der Waals surface area contributed by atoms with Crippen molar-refractivity contribution in [1.82, 2.24) is 14.5 Å². The lowest BCUT2D eigenvalue weighted by molar-refractivity contribution is -0.141. The quantitative estimate of drug-likeness (QED) is 0.464. The molecule has 170 valence electrons. The molecule has 1 aromatic carbocycles. The van der Waals surface area contributed by atoms with Crippen molar-refractivity contribution in [3.63, 3.8) is 0 Å². The van der Waals surface area contributed by atoms with Crippen LogP contribution in [-0.4, -0.2) is 20.4 Å². The van der Waals surface area contributed by atoms with E-state index in [1.165, 1.54) is 37.4 Å². The smallest absolute Gasteiger partial charge is 0.354 e. The number of anilines is 3. The van der Waals surface area contributed by atoms with E-state index in [1.54, 1.807) is 18.2 Å². The maximum atomic E-state index is 13.4. The summed E-state index contributed by atoms with van der Waals surface area (Å²) in [6, 6.07) is 14.7. The third-order valence-electron chi connectivity index (χ3n) is 4.77. The summed E-state index contributed by atoms with van der Waals surface area (Å²) in [4.78, 5) is 32.4. The second-order valence-corrected chi connectivity index (χ2v) is 7.14. The van der Waals surface area contributed by atoms with Gasteiger partial charge in [0.2, 0.25) is 5.91 Å². The molecule has 4 rings (SSSR count). The first-order valence-electron chi connectivity index (χ1n) is 9.82. The number of nitrogens with zero attached hydrogens (tertiary/aromatic N) is 4. The molecule has 0 bridgehead atoms. The largest absolute Gasteiger partial charge is 0.433 e. The van der Waals surface area contributed by atoms with E-state index in [1.807, 2.05) is 6.07 Å². The van der Waals surface area contributed by atoms with E-state index in [-0.39, 0.29) is 39.7 Å². The van der Waals surface area contributed by atoms with Crippen molar-refractivity contribution in [1.29, 1.82) is 5.26 Å². The number of hydrogen-bond donors (Lipinski definition) is 2. The number of hydrogen-bond acceptors (Lipinski definition) is 6. The Morgan fingerprint density at radius 2 is 1.85 bits per heavy atom. The Balaban J connectivity index is 2.01. The third kappa shape index (κ3) is 4.29. The Bertz CT molecular complexity index is 1510. The molecular formula is C23H15F3N6O2. The van der Waals surface area contributed by atoms with E-state index >= 15 is 0 Å². The molecule has 3 heterocycles. The van der Waals surface area contributed by atoms with Gasteiger partial charge in [0, 0.05) is 30.3 Å². The number of carbonyl (C=O) groups excluding carboxylic acids is 1. The van der Waals surface area contributed by atoms with Crippen LogP contribution in [-0.2, 0) is 11.0 Å². The summed E-state index contributed by atoms with van der Waals surface area (Å²) in [5.41, 5.74) is -2.05. The molecule has 0 saturated heterocycles. The monoisotopic (exact) mass is 464 g/mol. The molecule has 8 nitrogen and oxygen atoms in total. The molecule has 0 fully saturated rings. The van der Waals surface area contributed by atoms with Crippen molar-refractivity contribution in [2.75, 3.05) is 10.6 Å². The van der Waals surface area contributed by atoms with Crippen molar-refractivity contribution in [3.05, 3.63) is 82.4 Å². The van der Waals surface area contributed by atoms with Crippen molar-refractivity contribution in [3.8, 4) is 11.8 Å². The molecular weight excluding hydrogens is 449 g/mol. The Labute approximate surface area is 190 Å². The summed E-state index contributed by atoms with van der Waals surface area (Å²) < 4.78 is 41.3. The molecule has 4 aromatic rings. The highest BCUT2D eigenvalue weighted by Crippen LogP contribution is 2.33. The number of rotatable bonds is 4. The lowest BCUT2D eigenvalue weighted by atomic mass is 10.1. The number of fused-ring (bicyclic) bond motifs is 1. The Kier molecular flexibility index (Phi) is 5.73. The van der Waals surface area contributed by atoms with E-state index in [0.29, 0.717) is 5.69 Å². The van der Waals surface area contributed by atoms with E-state index in [4.69, 9.17) is 0 Å². The second kappa shape index (κ2) is 8.67. The zero-order valence-corrected chi connectivity index (χ0v) is 17.5. The van der Waals surface area contributed by atoms with E-state index < -0.39 is 17.4 Å². The van der Waals surface area contributed by atoms with Crippen LogP contribution in [0.1, 0.15) is 18.2 Å². The van der Waals surface area contributed by atoms with Crippen LogP contribution in [0.25, 0.3) is 16.7 Å². The fraction of sp³-hybridized carbons (Fsp3) is 0.0870. The normalized spacial score (nSPS) is 11.1. The predicted octanol–water partition coefficient (Wildman–Crippen LogP) is 4.37. The van der Waals surface area contributed by atoms with E-state index in [9.17, 15) is 28.0 Å². The number of aromatic nitrogens is 3. The van der Waals surface area contributed by atoms with Gasteiger partial charge in [-0.05, 0) is 30.3 Å². The molecule has 2 N–H and O–H groups in total. The van der Waals surface area contributed by atoms with Gasteiger partial charge in [0.15, 0.2) is 0 Å². The molecule has 0 unspecified atom stereocenters. The molecule has 11 heteroatoms.